The Bertz CT molecular complexity index is 2000. The zero-order valence-electron chi connectivity index (χ0n) is 28.5. The number of carbonyl (C=O) groups excluding carboxylic acids is 3. The summed E-state index contributed by atoms with van der Waals surface area (Å²) < 4.78 is 34.7. The molecule has 3 heterocycles. The summed E-state index contributed by atoms with van der Waals surface area (Å²) in [5.74, 6) is -2.05. The van der Waals surface area contributed by atoms with Crippen LogP contribution in [0.1, 0.15) is 82.1 Å². The Morgan fingerprint density at radius 3 is 2.41 bits per heavy atom. The van der Waals surface area contributed by atoms with Gasteiger partial charge in [0.05, 0.1) is 28.3 Å². The second-order valence-electron chi connectivity index (χ2n) is 13.2. The predicted molar refractivity (Wildman–Crippen MR) is 186 cm³/mol. The first kappa shape index (κ1) is 34.3. The number of piperazine rings is 1. The number of anilines is 1. The van der Waals surface area contributed by atoms with E-state index in [4.69, 9.17) is 14.2 Å². The molecule has 1 atom stereocenters. The Morgan fingerprint density at radius 2 is 1.80 bits per heavy atom. The van der Waals surface area contributed by atoms with Gasteiger partial charge in [-0.05, 0) is 64.5 Å². The van der Waals surface area contributed by atoms with Crippen LogP contribution in [-0.4, -0.2) is 61.9 Å². The van der Waals surface area contributed by atoms with E-state index in [1.54, 1.807) is 58.0 Å². The fourth-order valence-electron chi connectivity index (χ4n) is 6.61. The smallest absolute Gasteiger partial charge is 0.346 e. The van der Waals surface area contributed by atoms with Gasteiger partial charge in [0.1, 0.15) is 11.3 Å². The van der Waals surface area contributed by atoms with Crippen molar-refractivity contribution >= 4 is 45.6 Å². The second kappa shape index (κ2) is 13.4. The highest BCUT2D eigenvalue weighted by Gasteiger charge is 2.36. The first-order chi connectivity index (χ1) is 23.4. The van der Waals surface area contributed by atoms with E-state index in [9.17, 15) is 19.2 Å². The van der Waals surface area contributed by atoms with E-state index >= 15 is 4.39 Å². The van der Waals surface area contributed by atoms with E-state index in [0.717, 1.165) is 12.8 Å². The van der Waals surface area contributed by atoms with Crippen LogP contribution in [0.3, 0.4) is 0 Å². The minimum absolute atomic E-state index is 0.00572. The Morgan fingerprint density at radius 1 is 1.08 bits per heavy atom. The fourth-order valence-corrected chi connectivity index (χ4v) is 7.30. The molecule has 1 saturated heterocycles. The van der Waals surface area contributed by atoms with Crippen LogP contribution in [0.4, 0.5) is 10.1 Å². The van der Waals surface area contributed by atoms with E-state index in [-0.39, 0.29) is 40.1 Å². The zero-order chi connectivity index (χ0) is 35.2. The van der Waals surface area contributed by atoms with E-state index in [1.165, 1.54) is 18.4 Å². The van der Waals surface area contributed by atoms with Crippen molar-refractivity contribution in [3.05, 3.63) is 90.6 Å². The average Bonchev–Trinajstić information content (AvgIpc) is 3.76. The molecule has 49 heavy (non-hydrogen) atoms. The zero-order valence-corrected chi connectivity index (χ0v) is 29.3. The van der Waals surface area contributed by atoms with Gasteiger partial charge in [-0.1, -0.05) is 30.3 Å². The molecule has 1 aliphatic carbocycles. The maximum absolute atomic E-state index is 16.2. The van der Waals surface area contributed by atoms with Crippen molar-refractivity contribution in [1.29, 1.82) is 0 Å². The minimum Gasteiger partial charge on any atom is -0.492 e. The van der Waals surface area contributed by atoms with Gasteiger partial charge in [0.25, 0.3) is 0 Å². The summed E-state index contributed by atoms with van der Waals surface area (Å²) in [5, 5.41) is 5.26. The molecule has 0 spiro atoms. The molecule has 1 unspecified atom stereocenters. The van der Waals surface area contributed by atoms with Crippen molar-refractivity contribution in [2.24, 2.45) is 0 Å². The largest absolute Gasteiger partial charge is 0.492 e. The standard InChI is InChI=1S/C37H40FN3O7S/c1-20-18-40(16-15-39-20)31-29(38)21(2)27-30(34(31)46-6)41(25-13-14-25)22(3)28(33(27)43)35(44)47-19-48-36(45)37(4,5)24-11-9-23(10-12-24)32(42)26-8-7-17-49-26/h7-12,17,20,25,39H,13-16,18-19H2,1-6H3. The number of esters is 2. The predicted octanol–water partition coefficient (Wildman–Crippen LogP) is 5.83. The van der Waals surface area contributed by atoms with Crippen LogP contribution in [0.15, 0.2) is 46.6 Å². The lowest BCUT2D eigenvalue weighted by atomic mass is 9.84. The van der Waals surface area contributed by atoms with Crippen LogP contribution < -0.4 is 20.4 Å². The van der Waals surface area contributed by atoms with Crippen LogP contribution in [0.5, 0.6) is 5.75 Å². The number of ketones is 1. The first-order valence-electron chi connectivity index (χ1n) is 16.3. The number of ether oxygens (including phenoxy) is 3. The number of rotatable bonds is 10. The van der Waals surface area contributed by atoms with Crippen LogP contribution in [-0.2, 0) is 19.7 Å². The number of pyridine rings is 1. The molecule has 10 nitrogen and oxygen atoms in total. The number of hydrogen-bond acceptors (Lipinski definition) is 10. The maximum Gasteiger partial charge on any atom is 0.346 e. The number of aryl methyl sites for hydroxylation is 1. The SMILES string of the molecule is COc1c(N2CCNC(C)C2)c(F)c(C)c2c(=O)c(C(=O)OCOC(=O)C(C)(C)c3ccc(C(=O)c4cccs4)cc3)c(C)n(C3CC3)c12. The van der Waals surface area contributed by atoms with Gasteiger partial charge < -0.3 is 29.0 Å². The molecule has 1 N–H and O–H groups in total. The monoisotopic (exact) mass is 689 g/mol. The van der Waals surface area contributed by atoms with Gasteiger partial charge in [-0.2, -0.15) is 0 Å². The summed E-state index contributed by atoms with van der Waals surface area (Å²) in [6, 6.07) is 10.4. The van der Waals surface area contributed by atoms with Gasteiger partial charge in [-0.25, -0.2) is 9.18 Å². The number of carbonyl (C=O) groups is 3. The summed E-state index contributed by atoms with van der Waals surface area (Å²) in [6.07, 6.45) is 1.64. The van der Waals surface area contributed by atoms with Crippen molar-refractivity contribution in [3.63, 3.8) is 0 Å². The molecule has 258 valence electrons. The van der Waals surface area contributed by atoms with Crippen molar-refractivity contribution in [2.45, 2.75) is 65.0 Å². The van der Waals surface area contributed by atoms with Crippen molar-refractivity contribution in [3.8, 4) is 5.75 Å². The van der Waals surface area contributed by atoms with Crippen LogP contribution in [0.25, 0.3) is 10.9 Å². The molecule has 0 radical (unpaired) electrons. The van der Waals surface area contributed by atoms with Gasteiger partial charge in [-0.3, -0.25) is 14.4 Å². The summed E-state index contributed by atoms with van der Waals surface area (Å²) in [6.45, 7) is 9.63. The lowest BCUT2D eigenvalue weighted by molar-refractivity contribution is -0.158. The van der Waals surface area contributed by atoms with Gasteiger partial charge in [-0.15, -0.1) is 11.3 Å². The topological polar surface area (TPSA) is 116 Å². The van der Waals surface area contributed by atoms with E-state index in [0.29, 0.717) is 52.5 Å². The Kier molecular flexibility index (Phi) is 9.38. The lowest BCUT2D eigenvalue weighted by Crippen LogP contribution is -2.49. The molecule has 2 aromatic heterocycles. The lowest BCUT2D eigenvalue weighted by Gasteiger charge is -2.35. The van der Waals surface area contributed by atoms with Gasteiger partial charge in [0.15, 0.2) is 11.6 Å². The molecule has 0 amide bonds. The second-order valence-corrected chi connectivity index (χ2v) is 14.2. The third-order valence-electron chi connectivity index (χ3n) is 9.51. The highest BCUT2D eigenvalue weighted by molar-refractivity contribution is 7.12. The number of nitrogens with zero attached hydrogens (tertiary/aromatic N) is 2. The van der Waals surface area contributed by atoms with Gasteiger partial charge in [0, 0.05) is 48.5 Å². The number of methoxy groups -OCH3 is 1. The molecule has 0 bridgehead atoms. The normalized spacial score (nSPS) is 16.5. The molecule has 1 saturated carbocycles. The number of thiophene rings is 1. The molecule has 6 rings (SSSR count). The van der Waals surface area contributed by atoms with Crippen LogP contribution in [0, 0.1) is 19.7 Å². The summed E-state index contributed by atoms with van der Waals surface area (Å²) in [4.78, 5) is 56.0. The summed E-state index contributed by atoms with van der Waals surface area (Å²) in [5.41, 5.74) is 0.309. The number of fused-ring (bicyclic) bond motifs is 1. The highest BCUT2D eigenvalue weighted by Crippen LogP contribution is 2.46. The molecule has 2 aromatic carbocycles. The van der Waals surface area contributed by atoms with E-state index in [2.05, 4.69) is 5.32 Å². The molecule has 1 aliphatic heterocycles. The summed E-state index contributed by atoms with van der Waals surface area (Å²) in [7, 11) is 1.47. The number of hydrogen-bond donors (Lipinski definition) is 1. The Hall–Kier alpha value is -4.55. The molecule has 4 aromatic rings. The maximum atomic E-state index is 16.2. The van der Waals surface area contributed by atoms with Gasteiger partial charge in [0.2, 0.25) is 18.0 Å². The summed E-state index contributed by atoms with van der Waals surface area (Å²) >= 11 is 1.35. The third-order valence-corrected chi connectivity index (χ3v) is 10.4. The highest BCUT2D eigenvalue weighted by atomic mass is 32.1. The van der Waals surface area contributed by atoms with Crippen molar-refractivity contribution in [2.75, 3.05) is 38.4 Å². The number of halogens is 1. The van der Waals surface area contributed by atoms with Crippen LogP contribution in [0.2, 0.25) is 0 Å². The fraction of sp³-hybridized carbons (Fsp3) is 0.405. The molecular weight excluding hydrogens is 649 g/mol. The molecular formula is C37H40FN3O7S. The third kappa shape index (κ3) is 6.23. The van der Waals surface area contributed by atoms with Gasteiger partial charge >= 0.3 is 11.9 Å². The minimum atomic E-state index is -1.14. The average molecular weight is 690 g/mol. The number of aromatic nitrogens is 1. The van der Waals surface area contributed by atoms with Crippen LogP contribution >= 0.6 is 11.3 Å². The Balaban J connectivity index is 1.25. The first-order valence-corrected chi connectivity index (χ1v) is 17.2. The van der Waals surface area contributed by atoms with Crippen molar-refractivity contribution < 1.29 is 33.0 Å². The van der Waals surface area contributed by atoms with E-state index < -0.39 is 35.4 Å². The van der Waals surface area contributed by atoms with E-state index in [1.807, 2.05) is 27.8 Å². The quantitative estimate of drug-likeness (QED) is 0.125. The Labute approximate surface area is 287 Å². The number of nitrogens with one attached hydrogen (secondary N) is 1. The number of benzene rings is 2. The van der Waals surface area contributed by atoms with Crippen molar-refractivity contribution in [1.82, 2.24) is 9.88 Å². The molecule has 2 fully saturated rings. The molecule has 2 aliphatic rings. The molecule has 12 heteroatoms.